The van der Waals surface area contributed by atoms with Crippen molar-refractivity contribution in [1.29, 1.82) is 5.26 Å². The molecule has 0 fully saturated rings. The molecule has 1 aromatic rings. The molecule has 0 aromatic carbocycles. The third-order valence-corrected chi connectivity index (χ3v) is 3.79. The molecule has 3 nitrogen and oxygen atoms in total. The van der Waals surface area contributed by atoms with E-state index in [1.165, 1.54) is 11.3 Å². The molecule has 0 aliphatic rings. The molecule has 0 aliphatic carbocycles. The van der Waals surface area contributed by atoms with Gasteiger partial charge >= 0.3 is 0 Å². The zero-order chi connectivity index (χ0) is 11.4. The molecule has 0 unspecified atom stereocenters. The Morgan fingerprint density at radius 2 is 2.40 bits per heavy atom. The van der Waals surface area contributed by atoms with Crippen LogP contribution in [0.4, 0.5) is 10.7 Å². The predicted octanol–water partition coefficient (Wildman–Crippen LogP) is 2.91. The number of nitrogens with one attached hydrogen (secondary N) is 1. The van der Waals surface area contributed by atoms with Gasteiger partial charge in [-0.15, -0.1) is 23.1 Å². The molecule has 15 heavy (non-hydrogen) atoms. The Kier molecular flexibility index (Phi) is 4.06. The smallest absolute Gasteiger partial charge is 0.131 e. The fourth-order valence-corrected chi connectivity index (χ4v) is 2.89. The van der Waals surface area contributed by atoms with Crippen LogP contribution in [0, 0.1) is 11.3 Å². The Morgan fingerprint density at radius 1 is 1.73 bits per heavy atom. The maximum absolute atomic E-state index is 8.85. The number of nitriles is 1. The molecular weight excluding hydrogens is 226 g/mol. The number of nitrogens with zero attached hydrogens (tertiary/aromatic N) is 1. The van der Waals surface area contributed by atoms with E-state index in [2.05, 4.69) is 18.0 Å². The first kappa shape index (κ1) is 12.0. The van der Waals surface area contributed by atoms with Gasteiger partial charge in [-0.1, -0.05) is 12.2 Å². The minimum atomic E-state index is 0.573. The zero-order valence-electron chi connectivity index (χ0n) is 8.76. The molecule has 80 valence electrons. The van der Waals surface area contributed by atoms with Gasteiger partial charge in [0, 0.05) is 6.54 Å². The third kappa shape index (κ3) is 2.67. The summed E-state index contributed by atoms with van der Waals surface area (Å²) in [6.07, 6.45) is 1.95. The summed E-state index contributed by atoms with van der Waals surface area (Å²) in [5.41, 5.74) is 7.47. The largest absolute Gasteiger partial charge is 0.396 e. The van der Waals surface area contributed by atoms with Crippen LogP contribution in [0.2, 0.25) is 0 Å². The van der Waals surface area contributed by atoms with Gasteiger partial charge in [0.1, 0.15) is 15.9 Å². The van der Waals surface area contributed by atoms with Gasteiger partial charge in [0.15, 0.2) is 0 Å². The van der Waals surface area contributed by atoms with Gasteiger partial charge in [0.2, 0.25) is 0 Å². The lowest BCUT2D eigenvalue weighted by Crippen LogP contribution is -2.01. The Balaban J connectivity index is 2.97. The van der Waals surface area contributed by atoms with Crippen molar-refractivity contribution >= 4 is 33.8 Å². The van der Waals surface area contributed by atoms with Gasteiger partial charge in [-0.2, -0.15) is 5.26 Å². The van der Waals surface area contributed by atoms with Crippen LogP contribution in [0.1, 0.15) is 11.8 Å². The van der Waals surface area contributed by atoms with Crippen LogP contribution in [0.3, 0.4) is 0 Å². The van der Waals surface area contributed by atoms with Crippen molar-refractivity contribution < 1.29 is 0 Å². The summed E-state index contributed by atoms with van der Waals surface area (Å²) in [7, 11) is 0. The molecule has 1 aromatic heterocycles. The normalized spacial score (nSPS) is 9.67. The minimum absolute atomic E-state index is 0.573. The van der Waals surface area contributed by atoms with E-state index in [-0.39, 0.29) is 0 Å². The summed E-state index contributed by atoms with van der Waals surface area (Å²) in [5, 5.41) is 13.0. The van der Waals surface area contributed by atoms with Gasteiger partial charge in [-0.25, -0.2) is 0 Å². The molecule has 0 aliphatic heterocycles. The van der Waals surface area contributed by atoms with Crippen LogP contribution in [-0.2, 0) is 0 Å². The maximum Gasteiger partial charge on any atom is 0.131 e. The molecule has 0 amide bonds. The molecule has 0 radical (unpaired) electrons. The van der Waals surface area contributed by atoms with Gasteiger partial charge in [-0.05, 0) is 13.2 Å². The van der Waals surface area contributed by atoms with Crippen molar-refractivity contribution in [2.75, 3.05) is 23.9 Å². The molecule has 0 saturated heterocycles. The fraction of sp³-hybridized carbons (Fsp3) is 0.300. The SMILES string of the molecule is C=C(C)CNc1sc(C#N)c(N)c1SC. The summed E-state index contributed by atoms with van der Waals surface area (Å²) in [6.45, 7) is 6.47. The first-order chi connectivity index (χ1) is 7.10. The molecule has 0 spiro atoms. The number of anilines is 2. The van der Waals surface area contributed by atoms with E-state index in [9.17, 15) is 0 Å². The monoisotopic (exact) mass is 239 g/mol. The first-order valence-electron chi connectivity index (χ1n) is 4.34. The summed E-state index contributed by atoms with van der Waals surface area (Å²) in [5.74, 6) is 0. The van der Waals surface area contributed by atoms with Gasteiger partial charge in [-0.3, -0.25) is 0 Å². The van der Waals surface area contributed by atoms with Crippen molar-refractivity contribution in [2.24, 2.45) is 0 Å². The molecule has 0 atom stereocenters. The van der Waals surface area contributed by atoms with E-state index in [4.69, 9.17) is 11.0 Å². The lowest BCUT2D eigenvalue weighted by molar-refractivity contribution is 1.22. The van der Waals surface area contributed by atoms with Crippen LogP contribution < -0.4 is 11.1 Å². The average Bonchev–Trinajstić information content (AvgIpc) is 2.51. The number of nitrogens with two attached hydrogens (primary N) is 1. The van der Waals surface area contributed by atoms with Crippen LogP contribution in [0.5, 0.6) is 0 Å². The highest BCUT2D eigenvalue weighted by Gasteiger charge is 2.14. The van der Waals surface area contributed by atoms with E-state index < -0.39 is 0 Å². The third-order valence-electron chi connectivity index (χ3n) is 1.76. The standard InChI is InChI=1S/C10H13N3S2/c1-6(2)5-13-10-9(14-3)8(12)7(4-11)15-10/h13H,1,5,12H2,2-3H3. The Morgan fingerprint density at radius 3 is 2.87 bits per heavy atom. The number of hydrogen-bond acceptors (Lipinski definition) is 5. The molecule has 1 heterocycles. The molecular formula is C10H13N3S2. The maximum atomic E-state index is 8.85. The van der Waals surface area contributed by atoms with E-state index in [0.717, 1.165) is 15.5 Å². The topological polar surface area (TPSA) is 61.8 Å². The number of thiophene rings is 1. The van der Waals surface area contributed by atoms with Gasteiger partial charge in [0.25, 0.3) is 0 Å². The number of thioether (sulfide) groups is 1. The van der Waals surface area contributed by atoms with Crippen molar-refractivity contribution in [3.05, 3.63) is 17.0 Å². The van der Waals surface area contributed by atoms with Gasteiger partial charge < -0.3 is 11.1 Å². The summed E-state index contributed by atoms with van der Waals surface area (Å²) in [4.78, 5) is 1.53. The Labute approximate surface area is 98.0 Å². The van der Waals surface area contributed by atoms with Crippen LogP contribution in [-0.4, -0.2) is 12.8 Å². The van der Waals surface area contributed by atoms with Crippen molar-refractivity contribution in [3.8, 4) is 6.07 Å². The number of hydrogen-bond donors (Lipinski definition) is 2. The zero-order valence-corrected chi connectivity index (χ0v) is 10.4. The van der Waals surface area contributed by atoms with Crippen LogP contribution in [0.15, 0.2) is 17.0 Å². The molecule has 0 saturated carbocycles. The highest BCUT2D eigenvalue weighted by molar-refractivity contribution is 7.99. The minimum Gasteiger partial charge on any atom is -0.396 e. The van der Waals surface area contributed by atoms with Crippen LogP contribution >= 0.6 is 23.1 Å². The first-order valence-corrected chi connectivity index (χ1v) is 6.38. The quantitative estimate of drug-likeness (QED) is 0.626. The second-order valence-corrected chi connectivity index (χ2v) is 4.97. The van der Waals surface area contributed by atoms with Crippen molar-refractivity contribution in [1.82, 2.24) is 0 Å². The second-order valence-electron chi connectivity index (χ2n) is 3.13. The molecule has 3 N–H and O–H groups in total. The van der Waals surface area contributed by atoms with Crippen molar-refractivity contribution in [3.63, 3.8) is 0 Å². The number of rotatable bonds is 4. The summed E-state index contributed by atoms with van der Waals surface area (Å²) < 4.78 is 0. The highest BCUT2D eigenvalue weighted by atomic mass is 32.2. The van der Waals surface area contributed by atoms with Crippen LogP contribution in [0.25, 0.3) is 0 Å². The van der Waals surface area contributed by atoms with E-state index >= 15 is 0 Å². The molecule has 5 heteroatoms. The Bertz CT molecular complexity index is 415. The van der Waals surface area contributed by atoms with E-state index in [0.29, 0.717) is 17.1 Å². The lowest BCUT2D eigenvalue weighted by Gasteiger charge is -2.05. The average molecular weight is 239 g/mol. The van der Waals surface area contributed by atoms with Crippen molar-refractivity contribution in [2.45, 2.75) is 11.8 Å². The Hall–Kier alpha value is -1.12. The summed E-state index contributed by atoms with van der Waals surface area (Å²) in [6, 6.07) is 2.10. The number of nitrogen functional groups attached to an aromatic ring is 1. The van der Waals surface area contributed by atoms with E-state index in [1.54, 1.807) is 11.8 Å². The van der Waals surface area contributed by atoms with E-state index in [1.807, 2.05) is 13.2 Å². The molecule has 1 rings (SSSR count). The molecule has 0 bridgehead atoms. The summed E-state index contributed by atoms with van der Waals surface area (Å²) >= 11 is 2.95. The second kappa shape index (κ2) is 5.10. The highest BCUT2D eigenvalue weighted by Crippen LogP contribution is 2.41. The van der Waals surface area contributed by atoms with Gasteiger partial charge in [0.05, 0.1) is 10.6 Å². The lowest BCUT2D eigenvalue weighted by atomic mass is 10.3. The predicted molar refractivity (Wildman–Crippen MR) is 68.5 cm³/mol. The fourth-order valence-electron chi connectivity index (χ4n) is 1.06.